The number of nitrogens with zero attached hydrogens (tertiary/aromatic N) is 2. The fraction of sp³-hybridized carbons (Fsp3) is 0.182. The lowest BCUT2D eigenvalue weighted by Gasteiger charge is -2.08. The molecule has 0 aliphatic carbocycles. The minimum atomic E-state index is -0.697. The van der Waals surface area contributed by atoms with Crippen LogP contribution in [0.25, 0.3) is 0 Å². The quantitative estimate of drug-likeness (QED) is 0.674. The van der Waals surface area contributed by atoms with Crippen molar-refractivity contribution in [1.82, 2.24) is 4.98 Å². The van der Waals surface area contributed by atoms with E-state index in [2.05, 4.69) is 10.3 Å². The van der Waals surface area contributed by atoms with Crippen molar-refractivity contribution in [3.05, 3.63) is 44.6 Å². The number of ether oxygens (including phenoxy) is 1. The number of aromatic nitrogens is 1. The standard InChI is InChI=1S/C11H10FN3O3S/c1-18-11-3-9(8(12)2-10(11)15(16)17)14-5-7-4-13-6-19-7/h2-4,6,14H,5H2,1H3. The molecule has 1 N–H and O–H groups in total. The highest BCUT2D eigenvalue weighted by atomic mass is 32.1. The number of rotatable bonds is 5. The SMILES string of the molecule is COc1cc(NCc2cncs2)c(F)cc1[N+](=O)[O-]. The highest BCUT2D eigenvalue weighted by Crippen LogP contribution is 2.32. The molecule has 0 spiro atoms. The number of nitro groups is 1. The molecule has 0 bridgehead atoms. The van der Waals surface area contributed by atoms with E-state index < -0.39 is 16.4 Å². The molecule has 2 rings (SSSR count). The van der Waals surface area contributed by atoms with Crippen LogP contribution < -0.4 is 10.1 Å². The first-order chi connectivity index (χ1) is 9.11. The second-order valence-corrected chi connectivity index (χ2v) is 4.55. The summed E-state index contributed by atoms with van der Waals surface area (Å²) in [6.07, 6.45) is 1.66. The summed E-state index contributed by atoms with van der Waals surface area (Å²) < 4.78 is 18.6. The lowest BCUT2D eigenvalue weighted by atomic mass is 10.2. The maximum Gasteiger partial charge on any atom is 0.313 e. The van der Waals surface area contributed by atoms with Gasteiger partial charge in [-0.05, 0) is 0 Å². The lowest BCUT2D eigenvalue weighted by molar-refractivity contribution is -0.385. The Morgan fingerprint density at radius 1 is 1.58 bits per heavy atom. The Balaban J connectivity index is 2.23. The third kappa shape index (κ3) is 2.97. The van der Waals surface area contributed by atoms with Crippen molar-refractivity contribution in [2.75, 3.05) is 12.4 Å². The summed E-state index contributed by atoms with van der Waals surface area (Å²) in [7, 11) is 1.30. The first-order valence-corrected chi connectivity index (χ1v) is 6.13. The molecule has 0 fully saturated rings. The number of hydrogen-bond donors (Lipinski definition) is 1. The van der Waals surface area contributed by atoms with Gasteiger partial charge < -0.3 is 10.1 Å². The van der Waals surface area contributed by atoms with Gasteiger partial charge in [0.1, 0.15) is 0 Å². The monoisotopic (exact) mass is 283 g/mol. The van der Waals surface area contributed by atoms with E-state index in [1.807, 2.05) is 0 Å². The van der Waals surface area contributed by atoms with Crippen molar-refractivity contribution in [2.24, 2.45) is 0 Å². The van der Waals surface area contributed by atoms with Crippen LogP contribution in [0.15, 0.2) is 23.8 Å². The molecule has 0 saturated carbocycles. The second kappa shape index (κ2) is 5.61. The minimum Gasteiger partial charge on any atom is -0.490 e. The third-order valence-corrected chi connectivity index (χ3v) is 3.18. The van der Waals surface area contributed by atoms with Crippen LogP contribution in [0.1, 0.15) is 4.88 Å². The van der Waals surface area contributed by atoms with Crippen LogP contribution in [0.3, 0.4) is 0 Å². The Morgan fingerprint density at radius 2 is 2.37 bits per heavy atom. The van der Waals surface area contributed by atoms with Gasteiger partial charge in [0, 0.05) is 17.1 Å². The number of anilines is 1. The largest absolute Gasteiger partial charge is 0.490 e. The lowest BCUT2D eigenvalue weighted by Crippen LogP contribution is -2.02. The van der Waals surface area contributed by atoms with Crippen molar-refractivity contribution in [3.63, 3.8) is 0 Å². The van der Waals surface area contributed by atoms with E-state index in [-0.39, 0.29) is 11.4 Å². The molecule has 0 unspecified atom stereocenters. The van der Waals surface area contributed by atoms with Gasteiger partial charge in [0.25, 0.3) is 0 Å². The van der Waals surface area contributed by atoms with E-state index in [1.165, 1.54) is 24.5 Å². The van der Waals surface area contributed by atoms with E-state index in [4.69, 9.17) is 4.74 Å². The molecule has 100 valence electrons. The first-order valence-electron chi connectivity index (χ1n) is 5.25. The van der Waals surface area contributed by atoms with Crippen molar-refractivity contribution in [3.8, 4) is 5.75 Å². The molecular weight excluding hydrogens is 273 g/mol. The Labute approximate surface area is 112 Å². The topological polar surface area (TPSA) is 77.3 Å². The Morgan fingerprint density at radius 3 is 2.95 bits per heavy atom. The van der Waals surface area contributed by atoms with Crippen LogP contribution >= 0.6 is 11.3 Å². The third-order valence-electron chi connectivity index (χ3n) is 2.40. The van der Waals surface area contributed by atoms with E-state index in [0.717, 1.165) is 10.9 Å². The highest BCUT2D eigenvalue weighted by molar-refractivity contribution is 7.09. The Hall–Kier alpha value is -2.22. The molecule has 1 aromatic heterocycles. The van der Waals surface area contributed by atoms with Gasteiger partial charge in [-0.25, -0.2) is 4.39 Å². The van der Waals surface area contributed by atoms with Crippen molar-refractivity contribution >= 4 is 22.7 Å². The number of thiazole rings is 1. The highest BCUT2D eigenvalue weighted by Gasteiger charge is 2.19. The van der Waals surface area contributed by atoms with Gasteiger partial charge in [0.2, 0.25) is 0 Å². The predicted octanol–water partition coefficient (Wildman–Crippen LogP) is 2.81. The number of nitro benzene ring substituents is 1. The molecule has 1 aromatic carbocycles. The molecule has 0 amide bonds. The molecule has 8 heteroatoms. The molecule has 6 nitrogen and oxygen atoms in total. The van der Waals surface area contributed by atoms with Crippen LogP contribution in [-0.2, 0) is 6.54 Å². The van der Waals surface area contributed by atoms with Crippen LogP contribution in [0.5, 0.6) is 5.75 Å². The van der Waals surface area contributed by atoms with Crippen LogP contribution in [0, 0.1) is 15.9 Å². The summed E-state index contributed by atoms with van der Waals surface area (Å²) >= 11 is 1.43. The van der Waals surface area contributed by atoms with Crippen molar-refractivity contribution in [2.45, 2.75) is 6.54 Å². The summed E-state index contributed by atoms with van der Waals surface area (Å²) in [5.41, 5.74) is 1.42. The molecule has 1 heterocycles. The number of benzene rings is 1. The molecule has 0 aliphatic rings. The fourth-order valence-electron chi connectivity index (χ4n) is 1.50. The van der Waals surface area contributed by atoms with Crippen molar-refractivity contribution in [1.29, 1.82) is 0 Å². The summed E-state index contributed by atoms with van der Waals surface area (Å²) in [4.78, 5) is 14.9. The smallest absolute Gasteiger partial charge is 0.313 e. The van der Waals surface area contributed by atoms with Gasteiger partial charge in [-0.3, -0.25) is 15.1 Å². The number of methoxy groups -OCH3 is 1. The van der Waals surface area contributed by atoms with E-state index in [9.17, 15) is 14.5 Å². The Kier molecular flexibility index (Phi) is 3.91. The molecule has 0 aliphatic heterocycles. The summed E-state index contributed by atoms with van der Waals surface area (Å²) in [5.74, 6) is -0.685. The molecular formula is C11H10FN3O3S. The molecule has 2 aromatic rings. The van der Waals surface area contributed by atoms with E-state index >= 15 is 0 Å². The Bertz CT molecular complexity index is 589. The molecule has 0 atom stereocenters. The normalized spacial score (nSPS) is 10.2. The zero-order valence-corrected chi connectivity index (χ0v) is 10.7. The maximum absolute atomic E-state index is 13.7. The van der Waals surface area contributed by atoms with Gasteiger partial charge in [0.15, 0.2) is 11.6 Å². The second-order valence-electron chi connectivity index (χ2n) is 3.58. The molecule has 19 heavy (non-hydrogen) atoms. The van der Waals surface area contributed by atoms with Gasteiger partial charge >= 0.3 is 5.69 Å². The van der Waals surface area contributed by atoms with Crippen molar-refractivity contribution < 1.29 is 14.1 Å². The summed E-state index contributed by atoms with van der Waals surface area (Å²) in [5, 5.41) is 13.6. The minimum absolute atomic E-state index is 0.0122. The summed E-state index contributed by atoms with van der Waals surface area (Å²) in [6, 6.07) is 2.11. The zero-order chi connectivity index (χ0) is 13.8. The van der Waals surface area contributed by atoms with Crippen LogP contribution in [-0.4, -0.2) is 17.0 Å². The van der Waals surface area contributed by atoms with Gasteiger partial charge in [0.05, 0.1) is 35.8 Å². The summed E-state index contributed by atoms with van der Waals surface area (Å²) in [6.45, 7) is 0.391. The number of nitrogens with one attached hydrogen (secondary N) is 1. The number of hydrogen-bond acceptors (Lipinski definition) is 6. The van der Waals surface area contributed by atoms with Crippen LogP contribution in [0.4, 0.5) is 15.8 Å². The van der Waals surface area contributed by atoms with Gasteiger partial charge in [-0.1, -0.05) is 0 Å². The zero-order valence-electron chi connectivity index (χ0n) is 9.92. The molecule has 0 radical (unpaired) electrons. The first kappa shape index (κ1) is 13.2. The maximum atomic E-state index is 13.7. The molecule has 0 saturated heterocycles. The average molecular weight is 283 g/mol. The van der Waals surface area contributed by atoms with Gasteiger partial charge in [-0.15, -0.1) is 11.3 Å². The number of halogens is 1. The van der Waals surface area contributed by atoms with Crippen LogP contribution in [0.2, 0.25) is 0 Å². The predicted molar refractivity (Wildman–Crippen MR) is 69.0 cm³/mol. The fourth-order valence-corrected chi connectivity index (χ4v) is 2.03. The van der Waals surface area contributed by atoms with E-state index in [1.54, 1.807) is 11.7 Å². The van der Waals surface area contributed by atoms with E-state index in [0.29, 0.717) is 6.54 Å². The average Bonchev–Trinajstić information content (AvgIpc) is 2.90. The van der Waals surface area contributed by atoms with Gasteiger partial charge in [-0.2, -0.15) is 0 Å².